The molecule has 154 valence electrons. The van der Waals surface area contributed by atoms with Gasteiger partial charge < -0.3 is 4.74 Å². The van der Waals surface area contributed by atoms with Crippen molar-refractivity contribution in [3.8, 4) is 0 Å². The Labute approximate surface area is 169 Å². The maximum atomic E-state index is 12.9. The van der Waals surface area contributed by atoms with E-state index in [1.54, 1.807) is 4.57 Å². The molecule has 7 heteroatoms. The highest BCUT2D eigenvalue weighted by molar-refractivity contribution is 5.22. The smallest absolute Gasteiger partial charge is 0.332 e. The van der Waals surface area contributed by atoms with Crippen LogP contribution in [0.1, 0.15) is 55.1 Å². The monoisotopic (exact) mass is 396 g/mol. The molecule has 2 fully saturated rings. The van der Waals surface area contributed by atoms with Gasteiger partial charge in [-0.05, 0) is 31.7 Å². The van der Waals surface area contributed by atoms with E-state index in [0.29, 0.717) is 19.0 Å². The van der Waals surface area contributed by atoms with Crippen LogP contribution in [-0.2, 0) is 24.4 Å². The van der Waals surface area contributed by atoms with Gasteiger partial charge in [0.2, 0.25) is 0 Å². The van der Waals surface area contributed by atoms with Crippen molar-refractivity contribution in [2.45, 2.75) is 70.4 Å². The summed E-state index contributed by atoms with van der Waals surface area (Å²) in [6.45, 7) is 5.37. The number of aryl methyl sites for hydroxylation is 1. The first-order chi connectivity index (χ1) is 14.0. The Morgan fingerprint density at radius 2 is 2.00 bits per heavy atom. The molecule has 0 radical (unpaired) electrons. The van der Waals surface area contributed by atoms with Gasteiger partial charge in [0.25, 0.3) is 0 Å². The van der Waals surface area contributed by atoms with E-state index in [2.05, 4.69) is 41.2 Å². The number of rotatable bonds is 3. The molecule has 2 aromatic rings. The Morgan fingerprint density at radius 3 is 2.79 bits per heavy atom. The molecule has 0 amide bonds. The second-order valence-corrected chi connectivity index (χ2v) is 8.92. The van der Waals surface area contributed by atoms with Crippen LogP contribution in [0.4, 0.5) is 0 Å². The zero-order valence-electron chi connectivity index (χ0n) is 17.0. The van der Waals surface area contributed by atoms with Crippen LogP contribution in [-0.4, -0.2) is 37.9 Å². The quantitative estimate of drug-likeness (QED) is 0.743. The van der Waals surface area contributed by atoms with E-state index in [4.69, 9.17) is 4.74 Å². The van der Waals surface area contributed by atoms with Crippen molar-refractivity contribution in [2.75, 3.05) is 13.1 Å². The van der Waals surface area contributed by atoms with Crippen molar-refractivity contribution in [1.82, 2.24) is 19.2 Å². The first-order valence-electron chi connectivity index (χ1n) is 10.7. The molecule has 1 aliphatic carbocycles. The minimum atomic E-state index is -0.479. The SMILES string of the molecule is Cc1cccc(CN2CC[C@@]3(C2)Cn2c(nn(C4CCCC4)c(=O)c2=O)CO3)c1. The molecule has 1 saturated carbocycles. The molecule has 3 aliphatic rings. The normalized spacial score (nSPS) is 25.0. The van der Waals surface area contributed by atoms with E-state index in [-0.39, 0.29) is 6.04 Å². The van der Waals surface area contributed by atoms with Crippen molar-refractivity contribution in [3.63, 3.8) is 0 Å². The number of nitrogens with zero attached hydrogens (tertiary/aromatic N) is 4. The van der Waals surface area contributed by atoms with Gasteiger partial charge in [-0.15, -0.1) is 0 Å². The van der Waals surface area contributed by atoms with E-state index in [0.717, 1.165) is 51.7 Å². The van der Waals surface area contributed by atoms with Crippen molar-refractivity contribution in [1.29, 1.82) is 0 Å². The molecule has 0 N–H and O–H groups in total. The molecule has 0 bridgehead atoms. The molecule has 1 aromatic carbocycles. The summed E-state index contributed by atoms with van der Waals surface area (Å²) >= 11 is 0. The standard InChI is InChI=1S/C22H28N4O3/c1-16-5-4-6-17(11-16)12-24-10-9-22(14-24)15-25-19(13-29-22)23-26(21(28)20(25)27)18-7-2-3-8-18/h4-6,11,18H,2-3,7-10,12-15H2,1H3/t22-/m1/s1. The van der Waals surface area contributed by atoms with Crippen LogP contribution in [0.3, 0.4) is 0 Å². The Balaban J connectivity index is 1.36. The molecule has 1 aromatic heterocycles. The van der Waals surface area contributed by atoms with Crippen LogP contribution in [0, 0.1) is 6.92 Å². The predicted octanol–water partition coefficient (Wildman–Crippen LogP) is 2.00. The van der Waals surface area contributed by atoms with E-state index in [1.807, 2.05) is 0 Å². The lowest BCUT2D eigenvalue weighted by molar-refractivity contribution is -0.0860. The molecule has 3 heterocycles. The molecular formula is C22H28N4O3. The molecule has 1 saturated heterocycles. The summed E-state index contributed by atoms with van der Waals surface area (Å²) in [5.74, 6) is 0.587. The zero-order chi connectivity index (χ0) is 20.0. The zero-order valence-corrected chi connectivity index (χ0v) is 17.0. The predicted molar refractivity (Wildman–Crippen MR) is 109 cm³/mol. The third-order valence-electron chi connectivity index (χ3n) is 6.68. The summed E-state index contributed by atoms with van der Waals surface area (Å²) in [5, 5.41) is 4.54. The van der Waals surface area contributed by atoms with E-state index >= 15 is 0 Å². The Hall–Kier alpha value is -2.25. The van der Waals surface area contributed by atoms with Gasteiger partial charge in [0, 0.05) is 19.6 Å². The van der Waals surface area contributed by atoms with Gasteiger partial charge in [-0.2, -0.15) is 5.10 Å². The summed E-state index contributed by atoms with van der Waals surface area (Å²) in [4.78, 5) is 27.9. The number of likely N-dealkylation sites (tertiary alicyclic amines) is 1. The lowest BCUT2D eigenvalue weighted by Gasteiger charge is -2.35. The van der Waals surface area contributed by atoms with Gasteiger partial charge in [-0.25, -0.2) is 4.68 Å². The van der Waals surface area contributed by atoms with Crippen molar-refractivity contribution >= 4 is 0 Å². The van der Waals surface area contributed by atoms with Gasteiger partial charge in [0.05, 0.1) is 12.6 Å². The number of benzene rings is 1. The number of ether oxygens (including phenoxy) is 1. The molecule has 1 spiro atoms. The molecule has 0 unspecified atom stereocenters. The minimum Gasteiger partial charge on any atom is -0.364 e. The average Bonchev–Trinajstić information content (AvgIpc) is 3.36. The van der Waals surface area contributed by atoms with Crippen LogP contribution in [0.2, 0.25) is 0 Å². The summed E-state index contributed by atoms with van der Waals surface area (Å²) in [7, 11) is 0. The van der Waals surface area contributed by atoms with Gasteiger partial charge >= 0.3 is 11.1 Å². The summed E-state index contributed by atoms with van der Waals surface area (Å²) in [6.07, 6.45) is 4.89. The van der Waals surface area contributed by atoms with Crippen molar-refractivity contribution in [3.05, 3.63) is 61.9 Å². The molecular weight excluding hydrogens is 368 g/mol. The Kier molecular flexibility index (Phi) is 4.67. The fraction of sp³-hybridized carbons (Fsp3) is 0.591. The molecule has 1 atom stereocenters. The van der Waals surface area contributed by atoms with E-state index < -0.39 is 16.7 Å². The maximum Gasteiger partial charge on any atom is 0.332 e. The van der Waals surface area contributed by atoms with Gasteiger partial charge in [-0.3, -0.25) is 19.1 Å². The van der Waals surface area contributed by atoms with Crippen LogP contribution < -0.4 is 11.1 Å². The lowest BCUT2D eigenvalue weighted by atomic mass is 10.0. The van der Waals surface area contributed by atoms with Crippen LogP contribution in [0.15, 0.2) is 33.9 Å². The molecule has 2 aliphatic heterocycles. The number of hydrogen-bond donors (Lipinski definition) is 0. The fourth-order valence-electron chi connectivity index (χ4n) is 5.15. The average molecular weight is 396 g/mol. The fourth-order valence-corrected chi connectivity index (χ4v) is 5.15. The topological polar surface area (TPSA) is 69.4 Å². The van der Waals surface area contributed by atoms with Gasteiger partial charge in [0.1, 0.15) is 12.2 Å². The molecule has 5 rings (SSSR count). The summed E-state index contributed by atoms with van der Waals surface area (Å²) < 4.78 is 9.29. The molecule has 7 nitrogen and oxygen atoms in total. The second kappa shape index (κ2) is 7.22. The summed E-state index contributed by atoms with van der Waals surface area (Å²) in [5.41, 5.74) is 1.22. The largest absolute Gasteiger partial charge is 0.364 e. The van der Waals surface area contributed by atoms with Crippen molar-refractivity contribution in [2.24, 2.45) is 0 Å². The molecule has 29 heavy (non-hydrogen) atoms. The third-order valence-corrected chi connectivity index (χ3v) is 6.68. The minimum absolute atomic E-state index is 0.0632. The van der Waals surface area contributed by atoms with E-state index in [1.165, 1.54) is 15.8 Å². The highest BCUT2D eigenvalue weighted by atomic mass is 16.5. The van der Waals surface area contributed by atoms with Crippen LogP contribution in [0.5, 0.6) is 0 Å². The Bertz CT molecular complexity index is 1040. The van der Waals surface area contributed by atoms with Crippen molar-refractivity contribution < 1.29 is 4.74 Å². The third kappa shape index (κ3) is 3.46. The first-order valence-corrected chi connectivity index (χ1v) is 10.7. The number of aromatic nitrogens is 3. The van der Waals surface area contributed by atoms with Gasteiger partial charge in [-0.1, -0.05) is 42.7 Å². The summed E-state index contributed by atoms with van der Waals surface area (Å²) in [6, 6.07) is 8.61. The second-order valence-electron chi connectivity index (χ2n) is 8.92. The highest BCUT2D eigenvalue weighted by Gasteiger charge is 2.43. The highest BCUT2D eigenvalue weighted by Crippen LogP contribution is 2.32. The van der Waals surface area contributed by atoms with Crippen LogP contribution in [0.25, 0.3) is 0 Å². The first kappa shape index (κ1) is 18.8. The number of fused-ring (bicyclic) bond motifs is 1. The van der Waals surface area contributed by atoms with E-state index in [9.17, 15) is 9.59 Å². The lowest BCUT2D eigenvalue weighted by Crippen LogP contribution is -2.53. The maximum absolute atomic E-state index is 12.9. The number of hydrogen-bond acceptors (Lipinski definition) is 5. The Morgan fingerprint density at radius 1 is 1.17 bits per heavy atom. The van der Waals surface area contributed by atoms with Gasteiger partial charge in [0.15, 0.2) is 5.82 Å². The van der Waals surface area contributed by atoms with Crippen LogP contribution >= 0.6 is 0 Å².